The fourth-order valence-corrected chi connectivity index (χ4v) is 3.33. The number of nitrogens with one attached hydrogen (secondary N) is 1. The number of nitrogens with zero attached hydrogens (tertiary/aromatic N) is 1. The van der Waals surface area contributed by atoms with Gasteiger partial charge in [-0.25, -0.2) is 0 Å². The van der Waals surface area contributed by atoms with Crippen LogP contribution in [0, 0.1) is 6.92 Å². The number of hydrogen-bond acceptors (Lipinski definition) is 3. The largest absolute Gasteiger partial charge is 0.465 e. The number of fused-ring (bicyclic) bond motifs is 2. The van der Waals surface area contributed by atoms with Gasteiger partial charge in [-0.1, -0.05) is 0 Å². The maximum Gasteiger partial charge on any atom is 0.118 e. The Morgan fingerprint density at radius 3 is 2.59 bits per heavy atom. The summed E-state index contributed by atoms with van der Waals surface area (Å²) in [6.45, 7) is 2.95. The highest BCUT2D eigenvalue weighted by atomic mass is 16.3. The van der Waals surface area contributed by atoms with Crippen LogP contribution in [-0.4, -0.2) is 30.1 Å². The molecule has 1 aromatic rings. The van der Waals surface area contributed by atoms with Crippen molar-refractivity contribution in [1.29, 1.82) is 0 Å². The molecule has 0 saturated carbocycles. The van der Waals surface area contributed by atoms with Gasteiger partial charge in [0.2, 0.25) is 0 Å². The van der Waals surface area contributed by atoms with E-state index < -0.39 is 0 Å². The van der Waals surface area contributed by atoms with Crippen LogP contribution in [0.3, 0.4) is 0 Å². The van der Waals surface area contributed by atoms with Crippen molar-refractivity contribution in [3.8, 4) is 0 Å². The number of rotatable bonds is 3. The lowest BCUT2D eigenvalue weighted by Crippen LogP contribution is -2.46. The molecule has 3 heteroatoms. The van der Waals surface area contributed by atoms with Gasteiger partial charge in [0.1, 0.15) is 11.5 Å². The fraction of sp³-hybridized carbons (Fsp3) is 0.714. The van der Waals surface area contributed by atoms with Crippen molar-refractivity contribution in [2.24, 2.45) is 0 Å². The van der Waals surface area contributed by atoms with Gasteiger partial charge in [0.25, 0.3) is 0 Å². The third-order valence-electron chi connectivity index (χ3n) is 4.27. The molecule has 3 nitrogen and oxygen atoms in total. The average Bonchev–Trinajstić information content (AvgIpc) is 2.85. The van der Waals surface area contributed by atoms with Crippen molar-refractivity contribution >= 4 is 0 Å². The molecule has 3 heterocycles. The van der Waals surface area contributed by atoms with Crippen molar-refractivity contribution in [3.05, 3.63) is 23.7 Å². The lowest BCUT2D eigenvalue weighted by molar-refractivity contribution is 0.156. The molecule has 2 bridgehead atoms. The minimum atomic E-state index is 0.721. The van der Waals surface area contributed by atoms with Crippen molar-refractivity contribution in [3.63, 3.8) is 0 Å². The quantitative estimate of drug-likeness (QED) is 0.870. The summed E-state index contributed by atoms with van der Waals surface area (Å²) in [4.78, 5) is 2.46. The van der Waals surface area contributed by atoms with E-state index in [-0.39, 0.29) is 0 Å². The van der Waals surface area contributed by atoms with Crippen molar-refractivity contribution < 1.29 is 4.42 Å². The number of aryl methyl sites for hydroxylation is 1. The predicted octanol–water partition coefficient (Wildman–Crippen LogP) is 2.30. The van der Waals surface area contributed by atoms with Gasteiger partial charge >= 0.3 is 0 Å². The van der Waals surface area contributed by atoms with Crippen molar-refractivity contribution in [2.45, 2.75) is 57.3 Å². The van der Waals surface area contributed by atoms with Crippen LogP contribution < -0.4 is 5.32 Å². The van der Waals surface area contributed by atoms with Crippen LogP contribution in [0.1, 0.15) is 37.2 Å². The lowest BCUT2D eigenvalue weighted by Gasteiger charge is -2.35. The van der Waals surface area contributed by atoms with Gasteiger partial charge in [0.05, 0.1) is 6.54 Å². The third-order valence-corrected chi connectivity index (χ3v) is 4.27. The molecule has 17 heavy (non-hydrogen) atoms. The van der Waals surface area contributed by atoms with Gasteiger partial charge < -0.3 is 9.73 Å². The van der Waals surface area contributed by atoms with E-state index in [1.54, 1.807) is 0 Å². The molecule has 0 spiro atoms. The third kappa shape index (κ3) is 2.40. The van der Waals surface area contributed by atoms with E-state index in [9.17, 15) is 0 Å². The molecule has 2 saturated heterocycles. The SMILES string of the molecule is Cc1ccc(CN(C)C2CC3CCC(C2)N3)o1. The zero-order valence-corrected chi connectivity index (χ0v) is 10.8. The van der Waals surface area contributed by atoms with E-state index in [1.807, 2.05) is 6.92 Å². The van der Waals surface area contributed by atoms with Gasteiger partial charge in [-0.05, 0) is 51.8 Å². The van der Waals surface area contributed by atoms with E-state index >= 15 is 0 Å². The molecule has 0 radical (unpaired) electrons. The molecule has 2 aliphatic rings. The Morgan fingerprint density at radius 1 is 1.29 bits per heavy atom. The first-order chi connectivity index (χ1) is 8.20. The zero-order valence-electron chi connectivity index (χ0n) is 10.8. The molecular weight excluding hydrogens is 212 g/mol. The summed E-state index contributed by atoms with van der Waals surface area (Å²) in [7, 11) is 2.23. The highest BCUT2D eigenvalue weighted by Crippen LogP contribution is 2.29. The molecule has 2 fully saturated rings. The Balaban J connectivity index is 1.60. The molecule has 1 N–H and O–H groups in total. The highest BCUT2D eigenvalue weighted by molar-refractivity contribution is 5.06. The lowest BCUT2D eigenvalue weighted by atomic mass is 9.98. The number of piperidine rings is 1. The smallest absolute Gasteiger partial charge is 0.118 e. The van der Waals surface area contributed by atoms with Gasteiger partial charge in [-0.2, -0.15) is 0 Å². The zero-order chi connectivity index (χ0) is 11.8. The second-order valence-electron chi connectivity index (χ2n) is 5.69. The molecule has 2 aliphatic heterocycles. The van der Waals surface area contributed by atoms with Gasteiger partial charge in [-0.15, -0.1) is 0 Å². The molecule has 0 aromatic carbocycles. The molecule has 1 aromatic heterocycles. The molecule has 2 atom stereocenters. The summed E-state index contributed by atoms with van der Waals surface area (Å²) in [6, 6.07) is 6.40. The van der Waals surface area contributed by atoms with E-state index in [0.29, 0.717) is 0 Å². The Bertz CT molecular complexity index is 375. The summed E-state index contributed by atoms with van der Waals surface area (Å²) in [6.07, 6.45) is 5.34. The van der Waals surface area contributed by atoms with Crippen LogP contribution in [0.2, 0.25) is 0 Å². The molecule has 2 unspecified atom stereocenters. The van der Waals surface area contributed by atoms with Crippen molar-refractivity contribution in [2.75, 3.05) is 7.05 Å². The maximum absolute atomic E-state index is 5.66. The van der Waals surface area contributed by atoms with Crippen LogP contribution in [0.4, 0.5) is 0 Å². The standard InChI is InChI=1S/C14H22N2O/c1-10-3-6-14(17-10)9-16(2)13-7-11-4-5-12(8-13)15-11/h3,6,11-13,15H,4-5,7-9H2,1-2H3. The van der Waals surface area contributed by atoms with Crippen molar-refractivity contribution in [1.82, 2.24) is 10.2 Å². The Labute approximate surface area is 103 Å². The molecule has 3 rings (SSSR count). The summed E-state index contributed by atoms with van der Waals surface area (Å²) >= 11 is 0. The predicted molar refractivity (Wildman–Crippen MR) is 67.9 cm³/mol. The van der Waals surface area contributed by atoms with E-state index in [2.05, 4.69) is 29.4 Å². The maximum atomic E-state index is 5.66. The molecule has 0 aliphatic carbocycles. The van der Waals surface area contributed by atoms with Gasteiger partial charge in [0.15, 0.2) is 0 Å². The van der Waals surface area contributed by atoms with E-state index in [0.717, 1.165) is 36.2 Å². The van der Waals surface area contributed by atoms with Crippen LogP contribution in [0.5, 0.6) is 0 Å². The summed E-state index contributed by atoms with van der Waals surface area (Å²) < 4.78 is 5.66. The normalized spacial score (nSPS) is 32.3. The molecular formula is C14H22N2O. The Kier molecular flexibility index (Phi) is 2.97. The van der Waals surface area contributed by atoms with E-state index in [4.69, 9.17) is 4.42 Å². The second kappa shape index (κ2) is 4.46. The van der Waals surface area contributed by atoms with Crippen LogP contribution in [-0.2, 0) is 6.54 Å². The first-order valence-corrected chi connectivity index (χ1v) is 6.72. The summed E-state index contributed by atoms with van der Waals surface area (Å²) in [5.74, 6) is 2.11. The monoisotopic (exact) mass is 234 g/mol. The molecule has 94 valence electrons. The van der Waals surface area contributed by atoms with E-state index in [1.165, 1.54) is 25.7 Å². The van der Waals surface area contributed by atoms with Gasteiger partial charge in [0, 0.05) is 18.1 Å². The topological polar surface area (TPSA) is 28.4 Å². The van der Waals surface area contributed by atoms with Crippen LogP contribution >= 0.6 is 0 Å². The first kappa shape index (κ1) is 11.3. The minimum Gasteiger partial charge on any atom is -0.465 e. The van der Waals surface area contributed by atoms with Gasteiger partial charge in [-0.3, -0.25) is 4.90 Å². The highest BCUT2D eigenvalue weighted by Gasteiger charge is 2.35. The number of furan rings is 1. The fourth-order valence-electron chi connectivity index (χ4n) is 3.33. The number of hydrogen-bond donors (Lipinski definition) is 1. The summed E-state index contributed by atoms with van der Waals surface area (Å²) in [5.41, 5.74) is 0. The Morgan fingerprint density at radius 2 is 2.00 bits per heavy atom. The average molecular weight is 234 g/mol. The minimum absolute atomic E-state index is 0.721. The first-order valence-electron chi connectivity index (χ1n) is 6.72. The summed E-state index contributed by atoms with van der Waals surface area (Å²) in [5, 5.41) is 3.69. The van der Waals surface area contributed by atoms with Crippen LogP contribution in [0.15, 0.2) is 16.5 Å². The Hall–Kier alpha value is -0.800. The van der Waals surface area contributed by atoms with Crippen LogP contribution in [0.25, 0.3) is 0 Å². The second-order valence-corrected chi connectivity index (χ2v) is 5.69. The molecule has 0 amide bonds.